The van der Waals surface area contributed by atoms with Gasteiger partial charge in [-0.15, -0.1) is 0 Å². The Morgan fingerprint density at radius 1 is 1.47 bits per heavy atom. The molecule has 1 aromatic rings. The van der Waals surface area contributed by atoms with Crippen molar-refractivity contribution in [3.63, 3.8) is 0 Å². The van der Waals surface area contributed by atoms with Crippen LogP contribution in [0.4, 0.5) is 0 Å². The molecule has 5 nitrogen and oxygen atoms in total. The van der Waals surface area contributed by atoms with E-state index in [-0.39, 0.29) is 0 Å². The maximum Gasteiger partial charge on any atom is 0.181 e. The highest BCUT2D eigenvalue weighted by Crippen LogP contribution is 2.18. The van der Waals surface area contributed by atoms with Gasteiger partial charge in [0, 0.05) is 12.8 Å². The first-order valence-corrected chi connectivity index (χ1v) is 7.30. The smallest absolute Gasteiger partial charge is 0.181 e. The van der Waals surface area contributed by atoms with E-state index in [1.54, 1.807) is 13.8 Å². The summed E-state index contributed by atoms with van der Waals surface area (Å²) in [4.78, 5) is 5.93. The van der Waals surface area contributed by atoms with Crippen LogP contribution < -0.4 is 0 Å². The molecule has 1 aromatic heterocycles. The zero-order chi connectivity index (χ0) is 13.3. The largest absolute Gasteiger partial charge is 0.447 e. The fourth-order valence-electron chi connectivity index (χ4n) is 1.55. The second-order valence-corrected chi connectivity index (χ2v) is 7.71. The fraction of sp³-hybridized carbons (Fsp3) is 0.727. The molecule has 0 aromatic carbocycles. The highest BCUT2D eigenvalue weighted by molar-refractivity contribution is 7.92. The lowest BCUT2D eigenvalue weighted by Crippen LogP contribution is -2.42. The highest BCUT2D eigenvalue weighted by Gasteiger charge is 2.31. The number of nitrogens with zero attached hydrogens (tertiary/aromatic N) is 2. The topological polar surface area (TPSA) is 63.4 Å². The highest BCUT2D eigenvalue weighted by atomic mass is 32.2. The second kappa shape index (κ2) is 4.78. The predicted molar refractivity (Wildman–Crippen MR) is 66.5 cm³/mol. The van der Waals surface area contributed by atoms with E-state index in [0.717, 1.165) is 11.5 Å². The number of sulfone groups is 1. The van der Waals surface area contributed by atoms with Crippen molar-refractivity contribution in [2.75, 3.05) is 19.8 Å². The van der Waals surface area contributed by atoms with Crippen molar-refractivity contribution >= 4 is 9.84 Å². The molecule has 0 aliphatic heterocycles. The van der Waals surface area contributed by atoms with Crippen LogP contribution in [0.15, 0.2) is 10.8 Å². The van der Waals surface area contributed by atoms with Gasteiger partial charge in [-0.2, -0.15) is 0 Å². The van der Waals surface area contributed by atoms with Crippen LogP contribution in [0.1, 0.15) is 25.3 Å². The van der Waals surface area contributed by atoms with Crippen LogP contribution >= 0.6 is 0 Å². The van der Waals surface area contributed by atoms with Crippen LogP contribution in [-0.4, -0.2) is 42.9 Å². The molecule has 1 rings (SSSR count). The number of aromatic nitrogens is 1. The summed E-state index contributed by atoms with van der Waals surface area (Å²) < 4.78 is 27.7. The fourth-order valence-corrected chi connectivity index (χ4v) is 2.00. The average molecular weight is 260 g/mol. The minimum atomic E-state index is -3.07. The van der Waals surface area contributed by atoms with Crippen molar-refractivity contribution in [3.05, 3.63) is 17.8 Å². The van der Waals surface area contributed by atoms with Crippen LogP contribution in [0.25, 0.3) is 0 Å². The molecular formula is C11H20N2O3S. The van der Waals surface area contributed by atoms with Crippen molar-refractivity contribution in [2.24, 2.45) is 0 Å². The van der Waals surface area contributed by atoms with Gasteiger partial charge in [-0.25, -0.2) is 13.4 Å². The molecule has 6 heteroatoms. The van der Waals surface area contributed by atoms with Gasteiger partial charge in [-0.1, -0.05) is 0 Å². The molecule has 0 saturated heterocycles. The third-order valence-electron chi connectivity index (χ3n) is 2.91. The molecule has 0 fully saturated rings. The van der Waals surface area contributed by atoms with Gasteiger partial charge in [0.05, 0.1) is 17.0 Å². The lowest BCUT2D eigenvalue weighted by Gasteiger charge is -2.28. The minimum absolute atomic E-state index is 0.450. The lowest BCUT2D eigenvalue weighted by molar-refractivity contribution is 0.271. The Hall–Kier alpha value is -0.880. The van der Waals surface area contributed by atoms with Gasteiger partial charge in [-0.05, 0) is 27.8 Å². The first-order chi connectivity index (χ1) is 7.63. The van der Waals surface area contributed by atoms with Crippen molar-refractivity contribution in [1.29, 1.82) is 0 Å². The molecule has 0 N–H and O–H groups in total. The van der Waals surface area contributed by atoms with Crippen LogP contribution in [0.2, 0.25) is 0 Å². The number of oxazole rings is 1. The average Bonchev–Trinajstić information content (AvgIpc) is 2.48. The molecule has 0 radical (unpaired) electrons. The Balaban J connectivity index is 2.68. The normalized spacial score (nSPS) is 13.3. The molecule has 0 saturated carbocycles. The van der Waals surface area contributed by atoms with Crippen molar-refractivity contribution in [1.82, 2.24) is 9.88 Å². The molecule has 0 amide bonds. The molecule has 0 unspecified atom stereocenters. The Morgan fingerprint density at radius 3 is 2.47 bits per heavy atom. The maximum atomic E-state index is 11.6. The summed E-state index contributed by atoms with van der Waals surface area (Å²) in [7, 11) is -1.20. The van der Waals surface area contributed by atoms with Crippen LogP contribution in [0.5, 0.6) is 0 Å². The van der Waals surface area contributed by atoms with Gasteiger partial charge >= 0.3 is 0 Å². The monoisotopic (exact) mass is 260 g/mol. The molecule has 98 valence electrons. The summed E-state index contributed by atoms with van der Waals surface area (Å²) >= 11 is 0. The molecule has 0 aliphatic carbocycles. The first-order valence-electron chi connectivity index (χ1n) is 5.40. The third kappa shape index (κ3) is 3.54. The van der Waals surface area contributed by atoms with Crippen molar-refractivity contribution < 1.29 is 12.8 Å². The number of rotatable bonds is 5. The summed E-state index contributed by atoms with van der Waals surface area (Å²) in [6, 6.07) is 0. The van der Waals surface area contributed by atoms with E-state index in [0.29, 0.717) is 13.1 Å². The number of hydrogen-bond donors (Lipinski definition) is 0. The maximum absolute atomic E-state index is 11.6. The first kappa shape index (κ1) is 14.2. The van der Waals surface area contributed by atoms with Crippen LogP contribution in [-0.2, 0) is 16.4 Å². The molecule has 0 aliphatic rings. The quantitative estimate of drug-likeness (QED) is 0.797. The lowest BCUT2D eigenvalue weighted by atomic mass is 10.2. The second-order valence-electron chi connectivity index (χ2n) is 5.07. The Labute approximate surface area is 103 Å². The summed E-state index contributed by atoms with van der Waals surface area (Å²) in [5.41, 5.74) is 0.842. The zero-order valence-corrected chi connectivity index (χ0v) is 11.8. The van der Waals surface area contributed by atoms with E-state index < -0.39 is 14.6 Å². The van der Waals surface area contributed by atoms with Gasteiger partial charge in [-0.3, -0.25) is 4.90 Å². The standard InChI is InChI=1S/C11H20N2O3S/c1-9-10(16-8-12-9)6-13(4)7-11(2,3)17(5,14)15/h8H,6-7H2,1-5H3. The summed E-state index contributed by atoms with van der Waals surface area (Å²) in [5.74, 6) is 0.775. The van der Waals surface area contributed by atoms with Gasteiger partial charge in [0.1, 0.15) is 5.76 Å². The van der Waals surface area contributed by atoms with Crippen LogP contribution in [0, 0.1) is 6.92 Å². The minimum Gasteiger partial charge on any atom is -0.447 e. The summed E-state index contributed by atoms with van der Waals surface area (Å²) in [5, 5.41) is 0. The SMILES string of the molecule is Cc1ncoc1CN(C)CC(C)(C)S(C)(=O)=O. The third-order valence-corrected chi connectivity index (χ3v) is 5.05. The van der Waals surface area contributed by atoms with E-state index in [9.17, 15) is 8.42 Å². The Kier molecular flexibility index (Phi) is 3.99. The zero-order valence-electron chi connectivity index (χ0n) is 11.0. The number of hydrogen-bond acceptors (Lipinski definition) is 5. The number of aryl methyl sites for hydroxylation is 1. The van der Waals surface area contributed by atoms with E-state index in [1.807, 2.05) is 18.9 Å². The van der Waals surface area contributed by atoms with E-state index in [1.165, 1.54) is 12.6 Å². The molecular weight excluding hydrogens is 240 g/mol. The molecule has 17 heavy (non-hydrogen) atoms. The summed E-state index contributed by atoms with van der Waals surface area (Å²) in [6.07, 6.45) is 2.67. The van der Waals surface area contributed by atoms with Crippen molar-refractivity contribution in [2.45, 2.75) is 32.1 Å². The Morgan fingerprint density at radius 2 is 2.06 bits per heavy atom. The molecule has 1 heterocycles. The van der Waals surface area contributed by atoms with Gasteiger partial charge < -0.3 is 4.42 Å². The van der Waals surface area contributed by atoms with Crippen molar-refractivity contribution in [3.8, 4) is 0 Å². The van der Waals surface area contributed by atoms with E-state index >= 15 is 0 Å². The van der Waals surface area contributed by atoms with Gasteiger partial charge in [0.15, 0.2) is 16.2 Å². The van der Waals surface area contributed by atoms with Gasteiger partial charge in [0.25, 0.3) is 0 Å². The molecule has 0 atom stereocenters. The predicted octanol–water partition coefficient (Wildman–Crippen LogP) is 1.24. The Bertz CT molecular complexity index is 477. The molecule has 0 spiro atoms. The summed E-state index contributed by atoms with van der Waals surface area (Å²) in [6.45, 7) is 6.34. The molecule has 0 bridgehead atoms. The van der Waals surface area contributed by atoms with E-state index in [2.05, 4.69) is 4.98 Å². The van der Waals surface area contributed by atoms with Gasteiger partial charge in [0.2, 0.25) is 0 Å². The van der Waals surface area contributed by atoms with E-state index in [4.69, 9.17) is 4.42 Å². The van der Waals surface area contributed by atoms with Crippen LogP contribution in [0.3, 0.4) is 0 Å².